The molecule has 3 aromatic rings. The highest BCUT2D eigenvalue weighted by Gasteiger charge is 2.35. The maximum atomic E-state index is 13.7. The molecule has 0 aliphatic heterocycles. The summed E-state index contributed by atoms with van der Waals surface area (Å²) in [4.78, 5) is 40.9. The van der Waals surface area contributed by atoms with Gasteiger partial charge in [-0.25, -0.2) is 4.79 Å². The van der Waals surface area contributed by atoms with Crippen LogP contribution in [0.25, 0.3) is 10.8 Å². The van der Waals surface area contributed by atoms with Crippen LogP contribution in [0.3, 0.4) is 0 Å². The molecule has 8 heteroatoms. The van der Waals surface area contributed by atoms with Crippen molar-refractivity contribution in [1.29, 1.82) is 0 Å². The highest BCUT2D eigenvalue weighted by molar-refractivity contribution is 6.00. The summed E-state index contributed by atoms with van der Waals surface area (Å²) in [6.07, 6.45) is 4.64. The third-order valence-electron chi connectivity index (χ3n) is 5.77. The minimum atomic E-state index is -1.31. The van der Waals surface area contributed by atoms with Gasteiger partial charge >= 0.3 is 6.09 Å². The van der Waals surface area contributed by atoms with E-state index < -0.39 is 42.2 Å². The van der Waals surface area contributed by atoms with Crippen LogP contribution in [0.4, 0.5) is 10.5 Å². The van der Waals surface area contributed by atoms with E-state index in [1.807, 2.05) is 36.4 Å². The van der Waals surface area contributed by atoms with E-state index in [2.05, 4.69) is 16.6 Å². The number of hydrogen-bond donors (Lipinski definition) is 3. The SMILES string of the molecule is C#Cc1ccc(C(C(=O)Nc2ccc3ccccc3c2)N(CC)C(=O)C(CO)NC(=O)OC(C)(C)C)cc1. The zero-order chi connectivity index (χ0) is 27.9. The van der Waals surface area contributed by atoms with E-state index in [4.69, 9.17) is 11.2 Å². The molecule has 0 aromatic heterocycles. The molecule has 3 aromatic carbocycles. The number of carbonyl (C=O) groups is 3. The number of carbonyl (C=O) groups excluding carboxylic acids is 3. The van der Waals surface area contributed by atoms with Crippen molar-refractivity contribution in [1.82, 2.24) is 10.2 Å². The lowest BCUT2D eigenvalue weighted by Gasteiger charge is -2.33. The molecule has 2 atom stereocenters. The summed E-state index contributed by atoms with van der Waals surface area (Å²) < 4.78 is 5.24. The van der Waals surface area contributed by atoms with Gasteiger partial charge in [0.25, 0.3) is 5.91 Å². The molecule has 0 heterocycles. The van der Waals surface area contributed by atoms with Gasteiger partial charge in [0.05, 0.1) is 6.61 Å². The van der Waals surface area contributed by atoms with Gasteiger partial charge in [-0.15, -0.1) is 6.42 Å². The van der Waals surface area contributed by atoms with Gasteiger partial charge in [0.15, 0.2) is 0 Å². The Balaban J connectivity index is 1.94. The average molecular weight is 516 g/mol. The predicted octanol–water partition coefficient (Wildman–Crippen LogP) is 4.24. The Hall–Kier alpha value is -4.35. The minimum absolute atomic E-state index is 0.123. The fraction of sp³-hybridized carbons (Fsp3) is 0.300. The zero-order valence-electron chi connectivity index (χ0n) is 22.0. The van der Waals surface area contributed by atoms with E-state index in [0.29, 0.717) is 16.8 Å². The standard InChI is InChI=1S/C30H33N3O5/c1-6-20-12-14-22(15-13-20)26(27(35)31-24-17-16-21-10-8-9-11-23(21)18-24)33(7-2)28(36)25(19-34)32-29(37)38-30(3,4)5/h1,8-18,25-26,34H,7,19H2,2-5H3,(H,31,35)(H,32,37). The number of nitrogens with zero attached hydrogens (tertiary/aromatic N) is 1. The van der Waals surface area contributed by atoms with Crippen molar-refractivity contribution in [3.05, 3.63) is 77.9 Å². The van der Waals surface area contributed by atoms with Crippen LogP contribution in [-0.2, 0) is 14.3 Å². The second kappa shape index (κ2) is 12.3. The Labute approximate surface area is 223 Å². The topological polar surface area (TPSA) is 108 Å². The van der Waals surface area contributed by atoms with E-state index in [9.17, 15) is 19.5 Å². The van der Waals surface area contributed by atoms with Gasteiger partial charge in [0, 0.05) is 17.8 Å². The summed E-state index contributed by atoms with van der Waals surface area (Å²) in [5, 5.41) is 17.2. The zero-order valence-corrected chi connectivity index (χ0v) is 22.0. The van der Waals surface area contributed by atoms with Gasteiger partial charge in [0.1, 0.15) is 17.7 Å². The van der Waals surface area contributed by atoms with Gasteiger partial charge in [-0.2, -0.15) is 0 Å². The molecule has 0 spiro atoms. The average Bonchev–Trinajstić information content (AvgIpc) is 2.89. The summed E-state index contributed by atoms with van der Waals surface area (Å²) in [7, 11) is 0. The number of nitrogens with one attached hydrogen (secondary N) is 2. The number of aliphatic hydroxyl groups excluding tert-OH is 1. The van der Waals surface area contributed by atoms with E-state index in [-0.39, 0.29) is 6.54 Å². The van der Waals surface area contributed by atoms with Crippen molar-refractivity contribution in [3.8, 4) is 12.3 Å². The van der Waals surface area contributed by atoms with Crippen LogP contribution in [0, 0.1) is 12.3 Å². The first-order chi connectivity index (χ1) is 18.1. The van der Waals surface area contributed by atoms with Crippen molar-refractivity contribution in [2.24, 2.45) is 0 Å². The van der Waals surface area contributed by atoms with Gasteiger partial charge in [-0.05, 0) is 68.3 Å². The number of anilines is 1. The van der Waals surface area contributed by atoms with Gasteiger partial charge in [0.2, 0.25) is 5.91 Å². The van der Waals surface area contributed by atoms with Gasteiger partial charge < -0.3 is 25.4 Å². The van der Waals surface area contributed by atoms with E-state index in [1.165, 1.54) is 4.90 Å². The molecule has 3 N–H and O–H groups in total. The molecule has 198 valence electrons. The summed E-state index contributed by atoms with van der Waals surface area (Å²) >= 11 is 0. The van der Waals surface area contributed by atoms with Crippen LogP contribution < -0.4 is 10.6 Å². The maximum Gasteiger partial charge on any atom is 0.408 e. The quantitative estimate of drug-likeness (QED) is 0.389. The van der Waals surface area contributed by atoms with Crippen LogP contribution in [0.15, 0.2) is 66.7 Å². The number of benzene rings is 3. The number of hydrogen-bond acceptors (Lipinski definition) is 5. The first-order valence-electron chi connectivity index (χ1n) is 12.3. The fourth-order valence-electron chi connectivity index (χ4n) is 4.01. The van der Waals surface area contributed by atoms with Crippen molar-refractivity contribution in [2.45, 2.75) is 45.4 Å². The lowest BCUT2D eigenvalue weighted by Crippen LogP contribution is -2.53. The summed E-state index contributed by atoms with van der Waals surface area (Å²) in [5.41, 5.74) is 0.912. The van der Waals surface area contributed by atoms with Gasteiger partial charge in [-0.3, -0.25) is 9.59 Å². The summed E-state index contributed by atoms with van der Waals surface area (Å²) in [6, 6.07) is 17.7. The molecule has 2 unspecified atom stereocenters. The third-order valence-corrected chi connectivity index (χ3v) is 5.77. The Kier molecular flexibility index (Phi) is 9.11. The molecule has 0 saturated heterocycles. The molecule has 0 saturated carbocycles. The Morgan fingerprint density at radius 1 is 1.03 bits per heavy atom. The minimum Gasteiger partial charge on any atom is -0.444 e. The number of ether oxygens (including phenoxy) is 1. The monoisotopic (exact) mass is 515 g/mol. The molecule has 0 radical (unpaired) electrons. The molecule has 3 rings (SSSR count). The molecule has 3 amide bonds. The largest absolute Gasteiger partial charge is 0.444 e. The van der Waals surface area contributed by atoms with Crippen LogP contribution in [0.5, 0.6) is 0 Å². The number of likely N-dealkylation sites (N-methyl/N-ethyl adjacent to an activating group) is 1. The highest BCUT2D eigenvalue weighted by atomic mass is 16.6. The number of fused-ring (bicyclic) bond motifs is 1. The van der Waals surface area contributed by atoms with E-state index >= 15 is 0 Å². The highest BCUT2D eigenvalue weighted by Crippen LogP contribution is 2.26. The van der Waals surface area contributed by atoms with Crippen LogP contribution in [-0.4, -0.2) is 52.7 Å². The molecule has 0 aliphatic carbocycles. The van der Waals surface area contributed by atoms with Crippen molar-refractivity contribution in [3.63, 3.8) is 0 Å². The molecule has 8 nitrogen and oxygen atoms in total. The van der Waals surface area contributed by atoms with Crippen LogP contribution in [0.1, 0.15) is 44.9 Å². The lowest BCUT2D eigenvalue weighted by atomic mass is 10.0. The number of alkyl carbamates (subject to hydrolysis) is 1. The molecule has 0 fully saturated rings. The first-order valence-corrected chi connectivity index (χ1v) is 12.3. The molecule has 38 heavy (non-hydrogen) atoms. The number of aliphatic hydroxyl groups is 1. The summed E-state index contributed by atoms with van der Waals surface area (Å²) in [5.74, 6) is 1.44. The Morgan fingerprint density at radius 3 is 2.26 bits per heavy atom. The number of amides is 3. The fourth-order valence-corrected chi connectivity index (χ4v) is 4.01. The van der Waals surface area contributed by atoms with Crippen molar-refractivity contribution in [2.75, 3.05) is 18.5 Å². The van der Waals surface area contributed by atoms with Crippen LogP contribution in [0.2, 0.25) is 0 Å². The molecular weight excluding hydrogens is 482 g/mol. The smallest absolute Gasteiger partial charge is 0.408 e. The van der Waals surface area contributed by atoms with Crippen molar-refractivity contribution < 1.29 is 24.2 Å². The van der Waals surface area contributed by atoms with Crippen molar-refractivity contribution >= 4 is 34.4 Å². The number of terminal acetylenes is 1. The lowest BCUT2D eigenvalue weighted by molar-refractivity contribution is -0.141. The predicted molar refractivity (Wildman–Crippen MR) is 147 cm³/mol. The summed E-state index contributed by atoms with van der Waals surface area (Å²) in [6.45, 7) is 6.22. The van der Waals surface area contributed by atoms with E-state index in [0.717, 1.165) is 10.8 Å². The molecular formula is C30H33N3O5. The third kappa shape index (κ3) is 7.11. The molecule has 0 bridgehead atoms. The normalized spacial score (nSPS) is 12.6. The second-order valence-electron chi connectivity index (χ2n) is 9.73. The van der Waals surface area contributed by atoms with E-state index in [1.54, 1.807) is 58.0 Å². The van der Waals surface area contributed by atoms with Crippen LogP contribution >= 0.6 is 0 Å². The Morgan fingerprint density at radius 2 is 1.68 bits per heavy atom. The maximum absolute atomic E-state index is 13.7. The molecule has 0 aliphatic rings. The first kappa shape index (κ1) is 28.2. The van der Waals surface area contributed by atoms with Gasteiger partial charge in [-0.1, -0.05) is 48.4 Å². The number of rotatable bonds is 8. The Bertz CT molecular complexity index is 1340. The second-order valence-corrected chi connectivity index (χ2v) is 9.73.